The summed E-state index contributed by atoms with van der Waals surface area (Å²) in [6, 6.07) is 3.33. The number of hydrogen-bond donors (Lipinski definition) is 0. The number of aromatic nitrogens is 1. The highest BCUT2D eigenvalue weighted by molar-refractivity contribution is 5.74. The minimum atomic E-state index is -0.793. The van der Waals surface area contributed by atoms with Gasteiger partial charge >= 0.3 is 0 Å². The number of nitrogens with zero attached hydrogens (tertiary/aromatic N) is 1. The molecule has 1 aromatic heterocycles. The van der Waals surface area contributed by atoms with Crippen molar-refractivity contribution < 1.29 is 14.3 Å². The van der Waals surface area contributed by atoms with Crippen LogP contribution in [0.3, 0.4) is 0 Å². The van der Waals surface area contributed by atoms with Gasteiger partial charge in [0.25, 0.3) is 0 Å². The van der Waals surface area contributed by atoms with Crippen LogP contribution in [-0.2, 0) is 15.3 Å². The van der Waals surface area contributed by atoms with Gasteiger partial charge in [-0.2, -0.15) is 0 Å². The van der Waals surface area contributed by atoms with Crippen LogP contribution in [-0.4, -0.2) is 24.5 Å². The highest BCUT2D eigenvalue weighted by Crippen LogP contribution is 2.29. The largest absolute Gasteiger partial charge is 0.342 e. The molecule has 2 heterocycles. The van der Waals surface area contributed by atoms with E-state index in [-0.39, 0.29) is 0 Å². The van der Waals surface area contributed by atoms with Gasteiger partial charge in [-0.1, -0.05) is 0 Å². The second kappa shape index (κ2) is 3.48. The third kappa shape index (κ3) is 1.54. The van der Waals surface area contributed by atoms with Crippen LogP contribution >= 0.6 is 0 Å². The fraction of sp³-hybridized carbons (Fsp3) is 0.400. The molecule has 0 unspecified atom stereocenters. The molecule has 0 aliphatic carbocycles. The van der Waals surface area contributed by atoms with E-state index in [9.17, 15) is 4.79 Å². The van der Waals surface area contributed by atoms with Gasteiger partial charge in [-0.3, -0.25) is 9.78 Å². The lowest BCUT2D eigenvalue weighted by molar-refractivity contribution is -0.152. The number of pyridine rings is 1. The number of aldehydes is 1. The predicted octanol–water partition coefficient (Wildman–Crippen LogP) is 1.11. The summed E-state index contributed by atoms with van der Waals surface area (Å²) in [5.41, 5.74) is 1.22. The van der Waals surface area contributed by atoms with Crippen molar-refractivity contribution in [3.05, 3.63) is 29.6 Å². The summed E-state index contributed by atoms with van der Waals surface area (Å²) in [5, 5.41) is 0. The first-order chi connectivity index (χ1) is 6.74. The van der Waals surface area contributed by atoms with Crippen LogP contribution < -0.4 is 0 Å². The molecule has 14 heavy (non-hydrogen) atoms. The number of rotatable bonds is 2. The first kappa shape index (κ1) is 9.30. The van der Waals surface area contributed by atoms with Gasteiger partial charge in [0.05, 0.1) is 18.9 Å². The molecule has 0 amide bonds. The van der Waals surface area contributed by atoms with Gasteiger partial charge in [-0.05, 0) is 19.1 Å². The SMILES string of the molecule is CC1(c2cc(C=O)ccn2)OCCO1. The van der Waals surface area contributed by atoms with Crippen molar-refractivity contribution in [1.82, 2.24) is 4.98 Å². The molecule has 4 heteroatoms. The molecule has 0 spiro atoms. The van der Waals surface area contributed by atoms with Crippen molar-refractivity contribution in [1.29, 1.82) is 0 Å². The van der Waals surface area contributed by atoms with E-state index < -0.39 is 5.79 Å². The summed E-state index contributed by atoms with van der Waals surface area (Å²) in [6.07, 6.45) is 2.36. The zero-order valence-electron chi connectivity index (χ0n) is 7.90. The Bertz CT molecular complexity index is 345. The summed E-state index contributed by atoms with van der Waals surface area (Å²) in [6.45, 7) is 2.92. The van der Waals surface area contributed by atoms with E-state index in [1.54, 1.807) is 25.3 Å². The van der Waals surface area contributed by atoms with E-state index in [4.69, 9.17) is 9.47 Å². The number of carbonyl (C=O) groups is 1. The Morgan fingerprint density at radius 1 is 1.50 bits per heavy atom. The van der Waals surface area contributed by atoms with Crippen molar-refractivity contribution in [3.8, 4) is 0 Å². The normalized spacial score (nSPS) is 19.5. The van der Waals surface area contributed by atoms with E-state index in [0.29, 0.717) is 24.5 Å². The van der Waals surface area contributed by atoms with Crippen molar-refractivity contribution in [3.63, 3.8) is 0 Å². The van der Waals surface area contributed by atoms with Gasteiger partial charge in [0.1, 0.15) is 6.29 Å². The molecule has 0 atom stereocenters. The van der Waals surface area contributed by atoms with E-state index in [1.807, 2.05) is 0 Å². The number of hydrogen-bond acceptors (Lipinski definition) is 4. The van der Waals surface area contributed by atoms with E-state index in [2.05, 4.69) is 4.98 Å². The molecule has 1 aliphatic rings. The van der Waals surface area contributed by atoms with E-state index in [0.717, 1.165) is 6.29 Å². The van der Waals surface area contributed by atoms with Gasteiger partial charge in [0, 0.05) is 11.8 Å². The number of ether oxygens (including phenoxy) is 2. The van der Waals surface area contributed by atoms with Crippen LogP contribution in [0.1, 0.15) is 23.0 Å². The van der Waals surface area contributed by atoms with Crippen LogP contribution in [0.4, 0.5) is 0 Å². The van der Waals surface area contributed by atoms with Crippen LogP contribution in [0.15, 0.2) is 18.3 Å². The molecule has 0 radical (unpaired) electrons. The molecule has 0 saturated carbocycles. The molecule has 1 saturated heterocycles. The first-order valence-electron chi connectivity index (χ1n) is 4.44. The van der Waals surface area contributed by atoms with Crippen molar-refractivity contribution in [2.75, 3.05) is 13.2 Å². The van der Waals surface area contributed by atoms with Gasteiger partial charge in [0.2, 0.25) is 5.79 Å². The summed E-state index contributed by atoms with van der Waals surface area (Å²) in [7, 11) is 0. The summed E-state index contributed by atoms with van der Waals surface area (Å²) in [5.74, 6) is -0.793. The minimum Gasteiger partial charge on any atom is -0.342 e. The molecule has 74 valence electrons. The third-order valence-electron chi connectivity index (χ3n) is 2.22. The molecule has 0 N–H and O–H groups in total. The molecule has 4 nitrogen and oxygen atoms in total. The Morgan fingerprint density at radius 2 is 2.21 bits per heavy atom. The second-order valence-corrected chi connectivity index (χ2v) is 3.23. The van der Waals surface area contributed by atoms with E-state index in [1.165, 1.54) is 0 Å². The molecule has 0 aromatic carbocycles. The smallest absolute Gasteiger partial charge is 0.209 e. The lowest BCUT2D eigenvalue weighted by atomic mass is 10.1. The van der Waals surface area contributed by atoms with Gasteiger partial charge in [-0.25, -0.2) is 0 Å². The highest BCUT2D eigenvalue weighted by Gasteiger charge is 2.34. The molecule has 1 aliphatic heterocycles. The monoisotopic (exact) mass is 193 g/mol. The maximum absolute atomic E-state index is 10.6. The lowest BCUT2D eigenvalue weighted by Crippen LogP contribution is -2.23. The predicted molar refractivity (Wildman–Crippen MR) is 48.9 cm³/mol. The maximum atomic E-state index is 10.6. The zero-order valence-corrected chi connectivity index (χ0v) is 7.90. The Kier molecular flexibility index (Phi) is 2.31. The van der Waals surface area contributed by atoms with Crippen LogP contribution in [0.25, 0.3) is 0 Å². The van der Waals surface area contributed by atoms with Crippen molar-refractivity contribution in [2.24, 2.45) is 0 Å². The average molecular weight is 193 g/mol. The molecule has 2 rings (SSSR count). The first-order valence-corrected chi connectivity index (χ1v) is 4.44. The summed E-state index contributed by atoms with van der Waals surface area (Å²) >= 11 is 0. The Morgan fingerprint density at radius 3 is 2.86 bits per heavy atom. The summed E-state index contributed by atoms with van der Waals surface area (Å²) in [4.78, 5) is 14.7. The fourth-order valence-corrected chi connectivity index (χ4v) is 1.43. The Hall–Kier alpha value is -1.26. The van der Waals surface area contributed by atoms with Crippen molar-refractivity contribution in [2.45, 2.75) is 12.7 Å². The van der Waals surface area contributed by atoms with Gasteiger partial charge in [-0.15, -0.1) is 0 Å². The van der Waals surface area contributed by atoms with Gasteiger partial charge in [0.15, 0.2) is 0 Å². The maximum Gasteiger partial charge on any atom is 0.209 e. The lowest BCUT2D eigenvalue weighted by Gasteiger charge is -2.21. The second-order valence-electron chi connectivity index (χ2n) is 3.23. The molecular formula is C10H11NO3. The van der Waals surface area contributed by atoms with Crippen LogP contribution in [0.2, 0.25) is 0 Å². The third-order valence-corrected chi connectivity index (χ3v) is 2.22. The van der Waals surface area contributed by atoms with E-state index >= 15 is 0 Å². The quantitative estimate of drug-likeness (QED) is 0.660. The van der Waals surface area contributed by atoms with Crippen LogP contribution in [0.5, 0.6) is 0 Å². The zero-order chi connectivity index (χ0) is 10.0. The molecule has 0 bridgehead atoms. The number of carbonyl (C=O) groups excluding carboxylic acids is 1. The summed E-state index contributed by atoms with van der Waals surface area (Å²) < 4.78 is 10.9. The minimum absolute atomic E-state index is 0.559. The van der Waals surface area contributed by atoms with Crippen LogP contribution in [0, 0.1) is 0 Å². The Balaban J connectivity index is 2.35. The molecular weight excluding hydrogens is 182 g/mol. The van der Waals surface area contributed by atoms with Gasteiger partial charge < -0.3 is 9.47 Å². The topological polar surface area (TPSA) is 48.4 Å². The molecule has 1 fully saturated rings. The standard InChI is InChI=1S/C10H11NO3/c1-10(13-4-5-14-10)9-6-8(7-12)2-3-11-9/h2-3,6-7H,4-5H2,1H3. The van der Waals surface area contributed by atoms with Crippen molar-refractivity contribution >= 4 is 6.29 Å². The highest BCUT2D eigenvalue weighted by atomic mass is 16.7. The average Bonchev–Trinajstić information content (AvgIpc) is 2.67. The fourth-order valence-electron chi connectivity index (χ4n) is 1.43. The Labute approximate surface area is 81.9 Å². The molecule has 1 aromatic rings.